The van der Waals surface area contributed by atoms with Gasteiger partial charge in [-0.3, -0.25) is 9.59 Å². The van der Waals surface area contributed by atoms with Crippen LogP contribution in [0.2, 0.25) is 5.02 Å². The van der Waals surface area contributed by atoms with Crippen LogP contribution in [0.1, 0.15) is 43.4 Å². The van der Waals surface area contributed by atoms with E-state index in [1.54, 1.807) is 0 Å². The van der Waals surface area contributed by atoms with Gasteiger partial charge in [0.1, 0.15) is 11.6 Å². The van der Waals surface area contributed by atoms with Gasteiger partial charge in [0.25, 0.3) is 11.8 Å². The average molecular weight is 551 g/mol. The largest absolute Gasteiger partial charge is 0.416 e. The lowest BCUT2D eigenvalue weighted by Crippen LogP contribution is -2.21. The van der Waals surface area contributed by atoms with Gasteiger partial charge in [0.2, 0.25) is 0 Å². The van der Waals surface area contributed by atoms with E-state index in [9.17, 15) is 35.9 Å². The van der Waals surface area contributed by atoms with Gasteiger partial charge in [0.05, 0.1) is 29.7 Å². The molecule has 194 valence electrons. The molecule has 5 rings (SSSR count). The van der Waals surface area contributed by atoms with E-state index in [1.165, 1.54) is 18.2 Å². The molecule has 1 atom stereocenters. The summed E-state index contributed by atoms with van der Waals surface area (Å²) in [7, 11) is 0. The first-order chi connectivity index (χ1) is 17.9. The molecule has 1 aliphatic heterocycles. The molecule has 1 aliphatic rings. The van der Waals surface area contributed by atoms with Gasteiger partial charge in [-0.25, -0.2) is 17.9 Å². The second kappa shape index (κ2) is 9.21. The number of nitrogens with zero attached hydrogens (tertiary/aromatic N) is 2. The molecule has 13 heteroatoms. The number of hydrogen-bond donors (Lipinski definition) is 2. The first-order valence-corrected chi connectivity index (χ1v) is 11.1. The summed E-state index contributed by atoms with van der Waals surface area (Å²) in [6.07, 6.45) is -3.03. The molecule has 0 bridgehead atoms. The summed E-state index contributed by atoms with van der Waals surface area (Å²) < 4.78 is 82.2. The molecule has 0 spiro atoms. The predicted molar refractivity (Wildman–Crippen MR) is 124 cm³/mol. The number of anilines is 1. The topological polar surface area (TPSA) is 76.0 Å². The Bertz CT molecular complexity index is 1620. The Morgan fingerprint density at radius 3 is 2.45 bits per heavy atom. The molecule has 3 aromatic carbocycles. The average Bonchev–Trinajstić information content (AvgIpc) is 3.43. The van der Waals surface area contributed by atoms with Crippen LogP contribution in [0.4, 0.5) is 32.0 Å². The van der Waals surface area contributed by atoms with Crippen molar-refractivity contribution in [3.8, 4) is 5.69 Å². The molecule has 0 saturated heterocycles. The van der Waals surface area contributed by atoms with Gasteiger partial charge in [-0.15, -0.1) is 0 Å². The summed E-state index contributed by atoms with van der Waals surface area (Å²) in [5.74, 6) is -4.45. The van der Waals surface area contributed by atoms with Crippen molar-refractivity contribution in [2.24, 2.45) is 0 Å². The van der Waals surface area contributed by atoms with Crippen LogP contribution in [0.5, 0.6) is 0 Å². The number of alkyl halides is 3. The fourth-order valence-electron chi connectivity index (χ4n) is 4.14. The monoisotopic (exact) mass is 550 g/mol. The Labute approximate surface area is 214 Å². The Morgan fingerprint density at radius 1 is 1.00 bits per heavy atom. The van der Waals surface area contributed by atoms with Crippen LogP contribution in [0, 0.1) is 17.5 Å². The SMILES string of the molecule is O=C(Nc1cc(-n2cc(F)cn2)cc2c1C(c1cc(F)ccc1Cl)NC2=O)c1cc(F)cc(C(F)(F)F)c1. The van der Waals surface area contributed by atoms with E-state index in [-0.39, 0.29) is 39.2 Å². The molecule has 2 N–H and O–H groups in total. The third kappa shape index (κ3) is 4.70. The Balaban J connectivity index is 1.65. The normalized spacial score (nSPS) is 14.8. The van der Waals surface area contributed by atoms with E-state index < -0.39 is 52.6 Å². The van der Waals surface area contributed by atoms with Crippen molar-refractivity contribution in [3.63, 3.8) is 0 Å². The first kappa shape index (κ1) is 25.3. The Kier molecular flexibility index (Phi) is 6.14. The zero-order chi connectivity index (χ0) is 27.4. The maximum Gasteiger partial charge on any atom is 0.416 e. The van der Waals surface area contributed by atoms with Crippen molar-refractivity contribution in [2.75, 3.05) is 5.32 Å². The van der Waals surface area contributed by atoms with Crippen LogP contribution in [-0.2, 0) is 6.18 Å². The number of carbonyl (C=O) groups excluding carboxylic acids is 2. The predicted octanol–water partition coefficient (Wildman–Crippen LogP) is 6.05. The van der Waals surface area contributed by atoms with Crippen molar-refractivity contribution in [1.29, 1.82) is 0 Å². The van der Waals surface area contributed by atoms with Gasteiger partial charge in [0, 0.05) is 33.0 Å². The van der Waals surface area contributed by atoms with Crippen LogP contribution in [-0.4, -0.2) is 21.6 Å². The number of hydrogen-bond acceptors (Lipinski definition) is 3. The highest BCUT2D eigenvalue weighted by Gasteiger charge is 2.36. The standard InChI is InChI=1S/C25H13ClF6N4O2/c26-19-2-1-13(27)6-17(19)22-21-18(24(38)35-22)7-16(36-10-15(29)9-33-36)8-20(21)34-23(37)11-3-12(25(30,31)32)5-14(28)4-11/h1-10,22H,(H,34,37)(H,35,38). The summed E-state index contributed by atoms with van der Waals surface area (Å²) in [6, 6.07) is 6.32. The van der Waals surface area contributed by atoms with Crippen molar-refractivity contribution in [3.05, 3.63) is 111 Å². The molecule has 0 fully saturated rings. The highest BCUT2D eigenvalue weighted by atomic mass is 35.5. The van der Waals surface area contributed by atoms with Crippen molar-refractivity contribution in [2.45, 2.75) is 12.2 Å². The lowest BCUT2D eigenvalue weighted by atomic mass is 9.95. The molecule has 6 nitrogen and oxygen atoms in total. The molecule has 0 saturated carbocycles. The van der Waals surface area contributed by atoms with Gasteiger partial charge >= 0.3 is 6.18 Å². The van der Waals surface area contributed by atoms with Crippen LogP contribution >= 0.6 is 11.6 Å². The van der Waals surface area contributed by atoms with E-state index in [0.717, 1.165) is 29.2 Å². The molecule has 38 heavy (non-hydrogen) atoms. The first-order valence-electron chi connectivity index (χ1n) is 10.7. The van der Waals surface area contributed by atoms with E-state index in [2.05, 4.69) is 15.7 Å². The Hall–Kier alpha value is -4.32. The molecule has 0 aliphatic carbocycles. The third-order valence-electron chi connectivity index (χ3n) is 5.79. The highest BCUT2D eigenvalue weighted by molar-refractivity contribution is 6.31. The number of nitrogens with one attached hydrogen (secondary N) is 2. The van der Waals surface area contributed by atoms with Gasteiger partial charge in [-0.05, 0) is 48.5 Å². The van der Waals surface area contributed by atoms with Crippen LogP contribution in [0.25, 0.3) is 5.69 Å². The second-order valence-corrected chi connectivity index (χ2v) is 8.72. The fraction of sp³-hybridized carbons (Fsp3) is 0.0800. The minimum absolute atomic E-state index is 0.0192. The molecular weight excluding hydrogens is 538 g/mol. The van der Waals surface area contributed by atoms with Crippen LogP contribution in [0.15, 0.2) is 60.9 Å². The number of rotatable bonds is 4. The maximum atomic E-state index is 14.0. The molecule has 2 amide bonds. The van der Waals surface area contributed by atoms with E-state index in [1.807, 2.05) is 0 Å². The Morgan fingerprint density at radius 2 is 1.76 bits per heavy atom. The van der Waals surface area contributed by atoms with Gasteiger partial charge in [0.15, 0.2) is 5.82 Å². The van der Waals surface area contributed by atoms with Gasteiger partial charge < -0.3 is 10.6 Å². The maximum absolute atomic E-state index is 14.0. The summed E-state index contributed by atoms with van der Waals surface area (Å²) in [6.45, 7) is 0. The quantitative estimate of drug-likeness (QED) is 0.304. The molecule has 1 aromatic heterocycles. The zero-order valence-electron chi connectivity index (χ0n) is 18.7. The van der Waals surface area contributed by atoms with E-state index in [4.69, 9.17) is 11.6 Å². The minimum Gasteiger partial charge on any atom is -0.341 e. The number of halogens is 7. The van der Waals surface area contributed by atoms with E-state index in [0.29, 0.717) is 12.1 Å². The molecular formula is C25H13ClF6N4O2. The summed E-state index contributed by atoms with van der Waals surface area (Å²) in [5, 5.41) is 8.93. The molecule has 2 heterocycles. The number of aromatic nitrogens is 2. The van der Waals surface area contributed by atoms with Crippen LogP contribution < -0.4 is 10.6 Å². The van der Waals surface area contributed by atoms with Gasteiger partial charge in [-0.2, -0.15) is 18.3 Å². The van der Waals surface area contributed by atoms with E-state index >= 15 is 0 Å². The smallest absolute Gasteiger partial charge is 0.341 e. The molecule has 1 unspecified atom stereocenters. The summed E-state index contributed by atoms with van der Waals surface area (Å²) in [4.78, 5) is 25.9. The number of fused-ring (bicyclic) bond motifs is 1. The number of amides is 2. The molecule has 4 aromatic rings. The van der Waals surface area contributed by atoms with Crippen molar-refractivity contribution in [1.82, 2.24) is 15.1 Å². The minimum atomic E-state index is -4.92. The third-order valence-corrected chi connectivity index (χ3v) is 6.14. The second-order valence-electron chi connectivity index (χ2n) is 8.31. The summed E-state index contributed by atoms with van der Waals surface area (Å²) in [5.41, 5.74) is -1.81. The number of carbonyl (C=O) groups is 2. The lowest BCUT2D eigenvalue weighted by molar-refractivity contribution is -0.137. The summed E-state index contributed by atoms with van der Waals surface area (Å²) >= 11 is 6.24. The fourth-order valence-corrected chi connectivity index (χ4v) is 4.37. The number of benzene rings is 3. The lowest BCUT2D eigenvalue weighted by Gasteiger charge is -2.19. The zero-order valence-corrected chi connectivity index (χ0v) is 19.5. The van der Waals surface area contributed by atoms with Crippen LogP contribution in [0.3, 0.4) is 0 Å². The van der Waals surface area contributed by atoms with Crippen molar-refractivity contribution < 1.29 is 35.9 Å². The molecule has 0 radical (unpaired) electrons. The van der Waals surface area contributed by atoms with Gasteiger partial charge in [-0.1, -0.05) is 11.6 Å². The highest BCUT2D eigenvalue weighted by Crippen LogP contribution is 2.41. The van der Waals surface area contributed by atoms with Crippen molar-refractivity contribution >= 4 is 29.1 Å².